The molecular formula is C14H17F3O5S. The zero-order valence-corrected chi connectivity index (χ0v) is 13.2. The van der Waals surface area contributed by atoms with E-state index >= 15 is 0 Å². The van der Waals surface area contributed by atoms with Gasteiger partial charge in [-0.2, -0.15) is 21.6 Å². The zero-order chi connectivity index (χ0) is 17.7. The number of carbonyl (C=O) groups is 1. The molecule has 0 bridgehead atoms. The largest absolute Gasteiger partial charge is 0.451 e. The van der Waals surface area contributed by atoms with Crippen molar-refractivity contribution in [2.75, 3.05) is 5.75 Å². The first-order valence-electron chi connectivity index (χ1n) is 6.80. The van der Waals surface area contributed by atoms with Crippen LogP contribution in [-0.4, -0.2) is 37.0 Å². The standard InChI is InChI=1S/C14H17F3O5S/c1-2-10-3-5-11(6-4-10)7-8-13(18)22-12(14(15,16)17)9-23(19,20)21/h3-6,12H,2,7-9H2,1H3,(H,19,20,21). The van der Waals surface area contributed by atoms with Crippen LogP contribution in [-0.2, 0) is 32.5 Å². The van der Waals surface area contributed by atoms with Crippen LogP contribution in [0.1, 0.15) is 24.5 Å². The maximum absolute atomic E-state index is 12.6. The van der Waals surface area contributed by atoms with Crippen LogP contribution in [0.3, 0.4) is 0 Å². The predicted molar refractivity (Wildman–Crippen MR) is 76.5 cm³/mol. The second-order valence-electron chi connectivity index (χ2n) is 4.94. The molecule has 1 aromatic carbocycles. The summed E-state index contributed by atoms with van der Waals surface area (Å²) in [5, 5.41) is 0. The fourth-order valence-electron chi connectivity index (χ4n) is 1.79. The van der Waals surface area contributed by atoms with Gasteiger partial charge in [0.15, 0.2) is 0 Å². The monoisotopic (exact) mass is 354 g/mol. The molecule has 130 valence electrons. The Labute approximate surface area is 132 Å². The van der Waals surface area contributed by atoms with Crippen LogP contribution >= 0.6 is 0 Å². The molecule has 23 heavy (non-hydrogen) atoms. The number of carbonyl (C=O) groups excluding carboxylic acids is 1. The highest BCUT2D eigenvalue weighted by Gasteiger charge is 2.45. The van der Waals surface area contributed by atoms with Gasteiger partial charge in [-0.05, 0) is 24.0 Å². The highest BCUT2D eigenvalue weighted by molar-refractivity contribution is 7.85. The van der Waals surface area contributed by atoms with E-state index in [-0.39, 0.29) is 12.8 Å². The van der Waals surface area contributed by atoms with Gasteiger partial charge in [0, 0.05) is 6.42 Å². The SMILES string of the molecule is CCc1ccc(CCC(=O)OC(CS(=O)(=O)O)C(F)(F)F)cc1. The summed E-state index contributed by atoms with van der Waals surface area (Å²) in [4.78, 5) is 11.5. The average Bonchev–Trinajstić information content (AvgIpc) is 2.42. The Balaban J connectivity index is 2.61. The summed E-state index contributed by atoms with van der Waals surface area (Å²) < 4.78 is 71.6. The summed E-state index contributed by atoms with van der Waals surface area (Å²) in [6.07, 6.45) is -7.28. The van der Waals surface area contributed by atoms with Crippen LogP contribution in [0.25, 0.3) is 0 Å². The van der Waals surface area contributed by atoms with Gasteiger partial charge >= 0.3 is 12.1 Å². The second-order valence-corrected chi connectivity index (χ2v) is 6.44. The molecule has 0 saturated heterocycles. The van der Waals surface area contributed by atoms with Gasteiger partial charge in [0.2, 0.25) is 6.10 Å². The third-order valence-corrected chi connectivity index (χ3v) is 3.77. The Bertz CT molecular complexity index is 623. The van der Waals surface area contributed by atoms with Crippen molar-refractivity contribution in [2.24, 2.45) is 0 Å². The summed E-state index contributed by atoms with van der Waals surface area (Å²) in [5.41, 5.74) is 1.83. The summed E-state index contributed by atoms with van der Waals surface area (Å²) in [7, 11) is -4.92. The molecule has 0 amide bonds. The molecule has 0 aromatic heterocycles. The molecule has 1 aromatic rings. The lowest BCUT2D eigenvalue weighted by atomic mass is 10.1. The number of benzene rings is 1. The second kappa shape index (κ2) is 7.78. The molecule has 1 rings (SSSR count). The van der Waals surface area contributed by atoms with E-state index in [1.54, 1.807) is 12.1 Å². The van der Waals surface area contributed by atoms with Gasteiger partial charge in [-0.3, -0.25) is 9.35 Å². The van der Waals surface area contributed by atoms with Crippen LogP contribution in [0.15, 0.2) is 24.3 Å². The van der Waals surface area contributed by atoms with Crippen molar-refractivity contribution >= 4 is 16.1 Å². The normalized spacial score (nSPS) is 13.6. The van der Waals surface area contributed by atoms with Crippen molar-refractivity contribution < 1.29 is 35.7 Å². The number of alkyl halides is 3. The maximum Gasteiger partial charge on any atom is 0.426 e. The van der Waals surface area contributed by atoms with Crippen LogP contribution in [0, 0.1) is 0 Å². The molecule has 0 fully saturated rings. The lowest BCUT2D eigenvalue weighted by Gasteiger charge is -2.19. The number of aryl methyl sites for hydroxylation is 2. The molecule has 1 N–H and O–H groups in total. The minimum Gasteiger partial charge on any atom is -0.451 e. The van der Waals surface area contributed by atoms with E-state index in [0.717, 1.165) is 17.5 Å². The summed E-state index contributed by atoms with van der Waals surface area (Å²) in [6.45, 7) is 1.97. The number of hydrogen-bond acceptors (Lipinski definition) is 4. The number of esters is 1. The van der Waals surface area contributed by atoms with Crippen LogP contribution in [0.2, 0.25) is 0 Å². The van der Waals surface area contributed by atoms with Crippen LogP contribution in [0.5, 0.6) is 0 Å². The molecular weight excluding hydrogens is 337 g/mol. The summed E-state index contributed by atoms with van der Waals surface area (Å²) in [5.74, 6) is -2.90. The van der Waals surface area contributed by atoms with Crippen LogP contribution < -0.4 is 0 Å². The molecule has 9 heteroatoms. The Morgan fingerprint density at radius 3 is 2.17 bits per heavy atom. The molecule has 0 spiro atoms. The smallest absolute Gasteiger partial charge is 0.426 e. The van der Waals surface area contributed by atoms with Gasteiger partial charge in [0.1, 0.15) is 5.75 Å². The van der Waals surface area contributed by atoms with Gasteiger partial charge in [-0.15, -0.1) is 0 Å². The van der Waals surface area contributed by atoms with Gasteiger partial charge in [0.05, 0.1) is 0 Å². The highest BCUT2D eigenvalue weighted by Crippen LogP contribution is 2.24. The first kappa shape index (κ1) is 19.4. The molecule has 0 heterocycles. The first-order valence-corrected chi connectivity index (χ1v) is 8.41. The van der Waals surface area contributed by atoms with E-state index in [0.29, 0.717) is 0 Å². The van der Waals surface area contributed by atoms with E-state index < -0.39 is 34.1 Å². The molecule has 1 unspecified atom stereocenters. The summed E-state index contributed by atoms with van der Waals surface area (Å²) in [6, 6.07) is 7.20. The van der Waals surface area contributed by atoms with Gasteiger partial charge in [-0.1, -0.05) is 31.2 Å². The van der Waals surface area contributed by atoms with Crippen molar-refractivity contribution in [1.29, 1.82) is 0 Å². The Morgan fingerprint density at radius 2 is 1.74 bits per heavy atom. The van der Waals surface area contributed by atoms with Gasteiger partial charge in [0.25, 0.3) is 10.1 Å². The minimum atomic E-state index is -5.08. The van der Waals surface area contributed by atoms with E-state index in [4.69, 9.17) is 4.55 Å². The Morgan fingerprint density at radius 1 is 1.22 bits per heavy atom. The van der Waals surface area contributed by atoms with Crippen molar-refractivity contribution in [3.8, 4) is 0 Å². The number of ether oxygens (including phenoxy) is 1. The van der Waals surface area contributed by atoms with Crippen molar-refractivity contribution in [3.05, 3.63) is 35.4 Å². The van der Waals surface area contributed by atoms with Gasteiger partial charge < -0.3 is 4.74 Å². The summed E-state index contributed by atoms with van der Waals surface area (Å²) >= 11 is 0. The average molecular weight is 354 g/mol. The van der Waals surface area contributed by atoms with Crippen molar-refractivity contribution in [3.63, 3.8) is 0 Å². The predicted octanol–water partition coefficient (Wildman–Crippen LogP) is 2.54. The van der Waals surface area contributed by atoms with Crippen molar-refractivity contribution in [2.45, 2.75) is 38.5 Å². The molecule has 1 atom stereocenters. The third kappa shape index (κ3) is 7.47. The van der Waals surface area contributed by atoms with Crippen LogP contribution in [0.4, 0.5) is 13.2 Å². The molecule has 0 aliphatic carbocycles. The highest BCUT2D eigenvalue weighted by atomic mass is 32.2. The molecule has 0 aliphatic heterocycles. The quantitative estimate of drug-likeness (QED) is 0.601. The topological polar surface area (TPSA) is 80.7 Å². The van der Waals surface area contributed by atoms with E-state index in [2.05, 4.69) is 4.74 Å². The third-order valence-electron chi connectivity index (χ3n) is 3.05. The minimum absolute atomic E-state index is 0.166. The Hall–Kier alpha value is -1.61. The fourth-order valence-corrected chi connectivity index (χ4v) is 2.43. The molecule has 0 aliphatic rings. The lowest BCUT2D eigenvalue weighted by molar-refractivity contribution is -0.215. The van der Waals surface area contributed by atoms with Gasteiger partial charge in [-0.25, -0.2) is 0 Å². The van der Waals surface area contributed by atoms with Crippen molar-refractivity contribution in [1.82, 2.24) is 0 Å². The Kier molecular flexibility index (Phi) is 6.57. The zero-order valence-electron chi connectivity index (χ0n) is 12.3. The number of rotatable bonds is 7. The van der Waals surface area contributed by atoms with E-state index in [1.165, 1.54) is 0 Å². The maximum atomic E-state index is 12.6. The number of hydrogen-bond donors (Lipinski definition) is 1. The lowest BCUT2D eigenvalue weighted by Crippen LogP contribution is -2.39. The first-order chi connectivity index (χ1) is 10.5. The molecule has 0 saturated carbocycles. The van der Waals surface area contributed by atoms with E-state index in [1.807, 2.05) is 19.1 Å². The fraction of sp³-hybridized carbons (Fsp3) is 0.500. The van der Waals surface area contributed by atoms with E-state index in [9.17, 15) is 26.4 Å². The molecule has 0 radical (unpaired) electrons. The number of halogens is 3. The molecule has 5 nitrogen and oxygen atoms in total.